The average molecular weight is 208 g/mol. The van der Waals surface area contributed by atoms with Crippen molar-refractivity contribution in [2.45, 2.75) is 32.9 Å². The van der Waals surface area contributed by atoms with Gasteiger partial charge in [-0.25, -0.2) is 0 Å². The Labute approximate surface area is 91.6 Å². The smallest absolute Gasteiger partial charge is 0.119 e. The lowest BCUT2D eigenvalue weighted by Gasteiger charge is -2.14. The number of hydrogen-bond donors (Lipinski definition) is 2. The number of rotatable bonds is 5. The molecule has 15 heavy (non-hydrogen) atoms. The van der Waals surface area contributed by atoms with Crippen LogP contribution in [0.2, 0.25) is 0 Å². The molecule has 0 aromatic heterocycles. The highest BCUT2D eigenvalue weighted by Crippen LogP contribution is 2.17. The predicted octanol–water partition coefficient (Wildman–Crippen LogP) is 2.23. The normalized spacial score (nSPS) is 12.6. The van der Waals surface area contributed by atoms with Gasteiger partial charge < -0.3 is 15.8 Å². The summed E-state index contributed by atoms with van der Waals surface area (Å²) >= 11 is 0. The molecule has 3 N–H and O–H groups in total. The van der Waals surface area contributed by atoms with Gasteiger partial charge in [-0.2, -0.15) is 0 Å². The largest absolute Gasteiger partial charge is 0.491 e. The highest BCUT2D eigenvalue weighted by atomic mass is 16.5. The van der Waals surface area contributed by atoms with Crippen LogP contribution in [0.5, 0.6) is 5.75 Å². The lowest BCUT2D eigenvalue weighted by molar-refractivity contribution is 0.242. The van der Waals surface area contributed by atoms with E-state index in [2.05, 4.69) is 12.2 Å². The first kappa shape index (κ1) is 11.9. The van der Waals surface area contributed by atoms with Crippen LogP contribution in [0, 0.1) is 0 Å². The Morgan fingerprint density at radius 3 is 2.27 bits per heavy atom. The van der Waals surface area contributed by atoms with E-state index in [0.29, 0.717) is 12.6 Å². The first-order valence-electron chi connectivity index (χ1n) is 5.35. The highest BCUT2D eigenvalue weighted by molar-refractivity contribution is 5.47. The second-order valence-electron chi connectivity index (χ2n) is 3.97. The molecule has 84 valence electrons. The number of nitrogens with one attached hydrogen (secondary N) is 1. The third-order valence-electron chi connectivity index (χ3n) is 1.99. The number of hydrogen-bond acceptors (Lipinski definition) is 3. The molecule has 0 saturated heterocycles. The molecule has 0 radical (unpaired) electrons. The van der Waals surface area contributed by atoms with Gasteiger partial charge in [0.1, 0.15) is 5.75 Å². The van der Waals surface area contributed by atoms with E-state index in [1.54, 1.807) is 0 Å². The van der Waals surface area contributed by atoms with Gasteiger partial charge in [0.2, 0.25) is 0 Å². The predicted molar refractivity (Wildman–Crippen MR) is 64.3 cm³/mol. The Kier molecular flexibility index (Phi) is 4.43. The minimum Gasteiger partial charge on any atom is -0.491 e. The third-order valence-corrected chi connectivity index (χ3v) is 1.99. The number of anilines is 1. The molecule has 1 aromatic rings. The Morgan fingerprint density at radius 1 is 1.20 bits per heavy atom. The van der Waals surface area contributed by atoms with Gasteiger partial charge in [-0.3, -0.25) is 0 Å². The van der Waals surface area contributed by atoms with Crippen molar-refractivity contribution in [2.24, 2.45) is 5.73 Å². The zero-order valence-electron chi connectivity index (χ0n) is 9.66. The molecule has 3 nitrogen and oxygen atoms in total. The number of benzene rings is 1. The first-order chi connectivity index (χ1) is 7.11. The lowest BCUT2D eigenvalue weighted by Crippen LogP contribution is -2.25. The SMILES string of the molecule is CC(CN)Nc1ccc(OC(C)C)cc1. The van der Waals surface area contributed by atoms with E-state index in [-0.39, 0.29) is 6.10 Å². The van der Waals surface area contributed by atoms with Gasteiger partial charge in [-0.15, -0.1) is 0 Å². The molecule has 0 aliphatic heterocycles. The standard InChI is InChI=1S/C12H20N2O/c1-9(2)15-12-6-4-11(5-7-12)14-10(3)8-13/h4-7,9-10,14H,8,13H2,1-3H3. The fourth-order valence-electron chi connectivity index (χ4n) is 1.25. The molecular weight excluding hydrogens is 188 g/mol. The highest BCUT2D eigenvalue weighted by Gasteiger charge is 2.00. The Morgan fingerprint density at radius 2 is 1.80 bits per heavy atom. The second-order valence-corrected chi connectivity index (χ2v) is 3.97. The maximum atomic E-state index is 5.55. The van der Waals surface area contributed by atoms with E-state index in [9.17, 15) is 0 Å². The van der Waals surface area contributed by atoms with Gasteiger partial charge in [-0.05, 0) is 45.0 Å². The van der Waals surface area contributed by atoms with Gasteiger partial charge in [-0.1, -0.05) is 0 Å². The van der Waals surface area contributed by atoms with Crippen molar-refractivity contribution in [1.82, 2.24) is 0 Å². The molecule has 0 saturated carbocycles. The van der Waals surface area contributed by atoms with Crippen molar-refractivity contribution in [3.8, 4) is 5.75 Å². The molecule has 0 spiro atoms. The maximum absolute atomic E-state index is 5.55. The Balaban J connectivity index is 2.56. The van der Waals surface area contributed by atoms with Gasteiger partial charge in [0.25, 0.3) is 0 Å². The monoisotopic (exact) mass is 208 g/mol. The van der Waals surface area contributed by atoms with Crippen LogP contribution in [-0.2, 0) is 0 Å². The third kappa shape index (κ3) is 4.21. The van der Waals surface area contributed by atoms with Crippen LogP contribution >= 0.6 is 0 Å². The molecular formula is C12H20N2O. The van der Waals surface area contributed by atoms with Crippen molar-refractivity contribution >= 4 is 5.69 Å². The zero-order valence-corrected chi connectivity index (χ0v) is 9.66. The van der Waals surface area contributed by atoms with E-state index >= 15 is 0 Å². The molecule has 0 fully saturated rings. The van der Waals surface area contributed by atoms with E-state index < -0.39 is 0 Å². The maximum Gasteiger partial charge on any atom is 0.119 e. The molecule has 0 aliphatic rings. The molecule has 1 aromatic carbocycles. The fourth-order valence-corrected chi connectivity index (χ4v) is 1.25. The van der Waals surface area contributed by atoms with Crippen molar-refractivity contribution in [3.63, 3.8) is 0 Å². The van der Waals surface area contributed by atoms with E-state index in [4.69, 9.17) is 10.5 Å². The zero-order chi connectivity index (χ0) is 11.3. The van der Waals surface area contributed by atoms with Crippen LogP contribution in [0.3, 0.4) is 0 Å². The van der Waals surface area contributed by atoms with Crippen LogP contribution in [0.1, 0.15) is 20.8 Å². The Bertz CT molecular complexity index is 282. The quantitative estimate of drug-likeness (QED) is 0.780. The van der Waals surface area contributed by atoms with Crippen LogP contribution in [0.15, 0.2) is 24.3 Å². The molecule has 0 amide bonds. The van der Waals surface area contributed by atoms with Crippen LogP contribution in [0.25, 0.3) is 0 Å². The summed E-state index contributed by atoms with van der Waals surface area (Å²) in [5, 5.41) is 3.29. The van der Waals surface area contributed by atoms with Crippen molar-refractivity contribution in [2.75, 3.05) is 11.9 Å². The summed E-state index contributed by atoms with van der Waals surface area (Å²) in [7, 11) is 0. The summed E-state index contributed by atoms with van der Waals surface area (Å²) in [6, 6.07) is 8.23. The lowest BCUT2D eigenvalue weighted by atomic mass is 10.2. The van der Waals surface area contributed by atoms with Crippen LogP contribution in [0.4, 0.5) is 5.69 Å². The van der Waals surface area contributed by atoms with Crippen molar-refractivity contribution < 1.29 is 4.74 Å². The van der Waals surface area contributed by atoms with E-state index in [0.717, 1.165) is 11.4 Å². The van der Waals surface area contributed by atoms with Gasteiger partial charge in [0, 0.05) is 18.3 Å². The fraction of sp³-hybridized carbons (Fsp3) is 0.500. The summed E-state index contributed by atoms with van der Waals surface area (Å²) in [6.45, 7) is 6.72. The minimum absolute atomic E-state index is 0.215. The first-order valence-corrected chi connectivity index (χ1v) is 5.35. The summed E-state index contributed by atoms with van der Waals surface area (Å²) in [5.74, 6) is 0.899. The average Bonchev–Trinajstić information content (AvgIpc) is 2.20. The summed E-state index contributed by atoms with van der Waals surface area (Å²) < 4.78 is 5.55. The molecule has 1 unspecified atom stereocenters. The molecule has 0 aliphatic carbocycles. The number of ether oxygens (including phenoxy) is 1. The molecule has 0 bridgehead atoms. The number of nitrogens with two attached hydrogens (primary N) is 1. The van der Waals surface area contributed by atoms with Crippen LogP contribution in [-0.4, -0.2) is 18.7 Å². The Hall–Kier alpha value is -1.22. The molecule has 1 rings (SSSR count). The van der Waals surface area contributed by atoms with Crippen molar-refractivity contribution in [3.05, 3.63) is 24.3 Å². The van der Waals surface area contributed by atoms with E-state index in [1.807, 2.05) is 38.1 Å². The summed E-state index contributed by atoms with van der Waals surface area (Å²) in [5.41, 5.74) is 6.60. The summed E-state index contributed by atoms with van der Waals surface area (Å²) in [4.78, 5) is 0. The second kappa shape index (κ2) is 5.61. The molecule has 1 atom stereocenters. The summed E-state index contributed by atoms with van der Waals surface area (Å²) in [6.07, 6.45) is 0.215. The molecule has 3 heteroatoms. The van der Waals surface area contributed by atoms with Gasteiger partial charge in [0.05, 0.1) is 6.10 Å². The van der Waals surface area contributed by atoms with Gasteiger partial charge >= 0.3 is 0 Å². The van der Waals surface area contributed by atoms with Gasteiger partial charge in [0.15, 0.2) is 0 Å². The van der Waals surface area contributed by atoms with Crippen molar-refractivity contribution in [1.29, 1.82) is 0 Å². The topological polar surface area (TPSA) is 47.3 Å². The van der Waals surface area contributed by atoms with Crippen LogP contribution < -0.4 is 15.8 Å². The molecule has 0 heterocycles. The van der Waals surface area contributed by atoms with E-state index in [1.165, 1.54) is 0 Å². The minimum atomic E-state index is 0.215.